The summed E-state index contributed by atoms with van der Waals surface area (Å²) < 4.78 is 2.85. The zero-order valence-corrected chi connectivity index (χ0v) is 20.3. The SMILES string of the molecule is Clc1ccc(-c2nn(-c3ccccc3)cc2/C=N/Nc2nc(-c3ccccc3Br)cs2)cc1. The molecule has 0 bridgehead atoms. The lowest BCUT2D eigenvalue weighted by atomic mass is 10.1. The second-order valence-electron chi connectivity index (χ2n) is 7.11. The Morgan fingerprint density at radius 2 is 1.73 bits per heavy atom. The third-order valence-electron chi connectivity index (χ3n) is 4.90. The molecule has 0 amide bonds. The van der Waals surface area contributed by atoms with Gasteiger partial charge in [0.15, 0.2) is 0 Å². The first-order chi connectivity index (χ1) is 16.2. The summed E-state index contributed by atoms with van der Waals surface area (Å²) in [6.45, 7) is 0. The predicted octanol–water partition coefficient (Wildman–Crippen LogP) is 7.52. The van der Waals surface area contributed by atoms with Gasteiger partial charge in [0.1, 0.15) is 5.69 Å². The molecule has 3 aromatic carbocycles. The van der Waals surface area contributed by atoms with Crippen LogP contribution in [0.15, 0.2) is 100 Å². The van der Waals surface area contributed by atoms with Crippen LogP contribution in [0.2, 0.25) is 5.02 Å². The van der Waals surface area contributed by atoms with Crippen molar-refractivity contribution in [1.29, 1.82) is 0 Å². The van der Waals surface area contributed by atoms with E-state index < -0.39 is 0 Å². The number of rotatable bonds is 6. The number of para-hydroxylation sites is 1. The largest absolute Gasteiger partial charge is 0.253 e. The van der Waals surface area contributed by atoms with Gasteiger partial charge in [0.05, 0.1) is 17.6 Å². The molecule has 8 heteroatoms. The standard InChI is InChI=1S/C25H17BrClN5S/c26-22-9-5-4-8-21(22)23-16-33-25(29-23)30-28-14-18-15-32(20-6-2-1-3-7-20)31-24(18)17-10-12-19(27)13-11-17/h1-16H,(H,29,30)/b28-14+. The molecule has 0 atom stereocenters. The predicted molar refractivity (Wildman–Crippen MR) is 140 cm³/mol. The molecule has 0 saturated heterocycles. The Bertz CT molecular complexity index is 1410. The molecule has 0 unspecified atom stereocenters. The molecule has 0 aliphatic rings. The van der Waals surface area contributed by atoms with E-state index in [0.29, 0.717) is 10.2 Å². The maximum absolute atomic E-state index is 6.08. The van der Waals surface area contributed by atoms with E-state index in [-0.39, 0.29) is 0 Å². The molecule has 0 aliphatic carbocycles. The van der Waals surface area contributed by atoms with Crippen LogP contribution in [0.3, 0.4) is 0 Å². The molecule has 0 fully saturated rings. The Balaban J connectivity index is 1.42. The molecular weight excluding hydrogens is 518 g/mol. The highest BCUT2D eigenvalue weighted by Crippen LogP contribution is 2.30. The molecule has 1 N–H and O–H groups in total. The van der Waals surface area contributed by atoms with Crippen LogP contribution < -0.4 is 5.43 Å². The molecule has 0 saturated carbocycles. The van der Waals surface area contributed by atoms with Gasteiger partial charge >= 0.3 is 0 Å². The number of anilines is 1. The van der Waals surface area contributed by atoms with Crippen molar-refractivity contribution in [3.05, 3.63) is 105 Å². The summed E-state index contributed by atoms with van der Waals surface area (Å²) in [5, 5.41) is 12.6. The highest BCUT2D eigenvalue weighted by Gasteiger charge is 2.12. The minimum Gasteiger partial charge on any atom is -0.253 e. The lowest BCUT2D eigenvalue weighted by Gasteiger charge is -2.00. The number of nitrogens with zero attached hydrogens (tertiary/aromatic N) is 4. The minimum atomic E-state index is 0.683. The molecule has 33 heavy (non-hydrogen) atoms. The second-order valence-corrected chi connectivity index (χ2v) is 9.26. The van der Waals surface area contributed by atoms with E-state index in [1.165, 1.54) is 11.3 Å². The Labute approximate surface area is 208 Å². The van der Waals surface area contributed by atoms with Gasteiger partial charge in [-0.2, -0.15) is 10.2 Å². The third kappa shape index (κ3) is 4.90. The molecule has 0 radical (unpaired) electrons. The number of thiazole rings is 1. The molecule has 2 heterocycles. The number of nitrogens with one attached hydrogen (secondary N) is 1. The Morgan fingerprint density at radius 3 is 2.52 bits per heavy atom. The van der Waals surface area contributed by atoms with Gasteiger partial charge in [-0.05, 0) is 30.3 Å². The Hall–Kier alpha value is -3.26. The topological polar surface area (TPSA) is 55.1 Å². The van der Waals surface area contributed by atoms with E-state index >= 15 is 0 Å². The lowest BCUT2D eigenvalue weighted by Crippen LogP contribution is -1.93. The fourth-order valence-electron chi connectivity index (χ4n) is 3.30. The van der Waals surface area contributed by atoms with Crippen molar-refractivity contribution in [2.24, 2.45) is 5.10 Å². The Morgan fingerprint density at radius 1 is 0.970 bits per heavy atom. The monoisotopic (exact) mass is 533 g/mol. The summed E-state index contributed by atoms with van der Waals surface area (Å²) in [5.41, 5.74) is 8.59. The molecule has 5 aromatic rings. The summed E-state index contributed by atoms with van der Waals surface area (Å²) in [7, 11) is 0. The van der Waals surface area contributed by atoms with Gasteiger partial charge in [-0.25, -0.2) is 9.67 Å². The molecular formula is C25H17BrClN5S. The van der Waals surface area contributed by atoms with Crippen molar-refractivity contribution in [3.8, 4) is 28.2 Å². The fourth-order valence-corrected chi connectivity index (χ4v) is 4.57. The lowest BCUT2D eigenvalue weighted by molar-refractivity contribution is 0.884. The molecule has 162 valence electrons. The summed E-state index contributed by atoms with van der Waals surface area (Å²) in [6, 6.07) is 25.6. The molecule has 5 nitrogen and oxygen atoms in total. The van der Waals surface area contributed by atoms with Crippen molar-refractivity contribution >= 4 is 50.2 Å². The van der Waals surface area contributed by atoms with Crippen LogP contribution >= 0.6 is 38.9 Å². The molecule has 0 aliphatic heterocycles. The van der Waals surface area contributed by atoms with Crippen molar-refractivity contribution in [2.45, 2.75) is 0 Å². The quantitative estimate of drug-likeness (QED) is 0.181. The molecule has 0 spiro atoms. The van der Waals surface area contributed by atoms with Gasteiger partial charge in [0.2, 0.25) is 5.13 Å². The molecule has 5 rings (SSSR count). The van der Waals surface area contributed by atoms with Gasteiger partial charge < -0.3 is 0 Å². The number of hydrazone groups is 1. The van der Waals surface area contributed by atoms with Crippen LogP contribution in [0.25, 0.3) is 28.2 Å². The highest BCUT2D eigenvalue weighted by molar-refractivity contribution is 9.10. The summed E-state index contributed by atoms with van der Waals surface area (Å²) in [6.07, 6.45) is 3.72. The van der Waals surface area contributed by atoms with Crippen molar-refractivity contribution in [3.63, 3.8) is 0 Å². The number of hydrogen-bond donors (Lipinski definition) is 1. The van der Waals surface area contributed by atoms with Crippen molar-refractivity contribution in [1.82, 2.24) is 14.8 Å². The minimum absolute atomic E-state index is 0.683. The van der Waals surface area contributed by atoms with Gasteiger partial charge in [0.25, 0.3) is 0 Å². The number of hydrogen-bond acceptors (Lipinski definition) is 5. The van der Waals surface area contributed by atoms with Crippen molar-refractivity contribution in [2.75, 3.05) is 5.43 Å². The van der Waals surface area contributed by atoms with Gasteiger partial charge in [-0.1, -0.05) is 76.1 Å². The number of halogens is 2. The number of benzene rings is 3. The van der Waals surface area contributed by atoms with Crippen LogP contribution in [0, 0.1) is 0 Å². The number of aromatic nitrogens is 3. The van der Waals surface area contributed by atoms with Gasteiger partial charge in [-0.3, -0.25) is 5.43 Å². The summed E-state index contributed by atoms with van der Waals surface area (Å²) >= 11 is 11.2. The van der Waals surface area contributed by atoms with Crippen LogP contribution in [-0.4, -0.2) is 21.0 Å². The highest BCUT2D eigenvalue weighted by atomic mass is 79.9. The van der Waals surface area contributed by atoms with Crippen LogP contribution in [0.4, 0.5) is 5.13 Å². The first-order valence-corrected chi connectivity index (χ1v) is 12.1. The average Bonchev–Trinajstić information content (AvgIpc) is 3.48. The fraction of sp³-hybridized carbons (Fsp3) is 0. The van der Waals surface area contributed by atoms with Crippen LogP contribution in [0.5, 0.6) is 0 Å². The maximum atomic E-state index is 6.08. The maximum Gasteiger partial charge on any atom is 0.203 e. The van der Waals surface area contributed by atoms with Crippen molar-refractivity contribution < 1.29 is 0 Å². The molecule has 2 aromatic heterocycles. The normalized spacial score (nSPS) is 11.2. The van der Waals surface area contributed by atoms with Crippen LogP contribution in [-0.2, 0) is 0 Å². The zero-order valence-electron chi connectivity index (χ0n) is 17.2. The van der Waals surface area contributed by atoms with Crippen LogP contribution in [0.1, 0.15) is 5.56 Å². The van der Waals surface area contributed by atoms with Gasteiger partial charge in [-0.15, -0.1) is 11.3 Å². The van der Waals surface area contributed by atoms with E-state index in [4.69, 9.17) is 16.7 Å². The van der Waals surface area contributed by atoms with E-state index in [2.05, 4.69) is 31.4 Å². The second kappa shape index (κ2) is 9.70. The summed E-state index contributed by atoms with van der Waals surface area (Å²) in [5.74, 6) is 0. The summed E-state index contributed by atoms with van der Waals surface area (Å²) in [4.78, 5) is 4.64. The van der Waals surface area contributed by atoms with Gasteiger partial charge in [0, 0.05) is 37.8 Å². The smallest absolute Gasteiger partial charge is 0.203 e. The Kier molecular flexibility index (Phi) is 6.35. The van der Waals surface area contributed by atoms with E-state index in [1.807, 2.05) is 95.1 Å². The first-order valence-electron chi connectivity index (χ1n) is 10.1. The average molecular weight is 535 g/mol. The zero-order chi connectivity index (χ0) is 22.6. The van der Waals surface area contributed by atoms with E-state index in [9.17, 15) is 0 Å². The third-order valence-corrected chi connectivity index (χ3v) is 6.59. The first kappa shape index (κ1) is 21.6. The van der Waals surface area contributed by atoms with E-state index in [0.717, 1.165) is 38.2 Å². The van der Waals surface area contributed by atoms with E-state index in [1.54, 1.807) is 6.21 Å².